The first kappa shape index (κ1) is 23.8. The molecule has 0 bridgehead atoms. The number of anilines is 1. The number of nitrogens with zero attached hydrogens (tertiary/aromatic N) is 1. The smallest absolute Gasteiger partial charge is 0.410 e. The predicted octanol–water partition coefficient (Wildman–Crippen LogP) is 5.01. The van der Waals surface area contributed by atoms with E-state index in [2.05, 4.69) is 13.8 Å². The van der Waals surface area contributed by atoms with Gasteiger partial charge in [0.1, 0.15) is 5.60 Å². The van der Waals surface area contributed by atoms with Gasteiger partial charge in [-0.3, -0.25) is 0 Å². The van der Waals surface area contributed by atoms with E-state index in [-0.39, 0.29) is 12.1 Å². The highest BCUT2D eigenvalue weighted by atomic mass is 16.6. The molecule has 0 aliphatic heterocycles. The van der Waals surface area contributed by atoms with Crippen molar-refractivity contribution in [2.45, 2.75) is 73.0 Å². The summed E-state index contributed by atoms with van der Waals surface area (Å²) < 4.78 is 10.8. The van der Waals surface area contributed by atoms with Crippen molar-refractivity contribution in [1.82, 2.24) is 4.90 Å². The van der Waals surface area contributed by atoms with Crippen molar-refractivity contribution in [3.05, 3.63) is 29.3 Å². The standard InChI is InChI=1S/C22H36N2O4/c1-7-8-13-27-20(25)17-9-10-18(19(23)14-17)15-24(12-11-16(2)3)21(26)28-22(4,5)6/h9-10,14,16H,7-8,11-13,15,23H2,1-6H3. The molecule has 1 aromatic carbocycles. The number of nitrogens with two attached hydrogens (primary N) is 1. The van der Waals surface area contributed by atoms with Crippen LogP contribution in [0.15, 0.2) is 18.2 Å². The number of benzene rings is 1. The summed E-state index contributed by atoms with van der Waals surface area (Å²) in [6, 6.07) is 5.08. The minimum absolute atomic E-state index is 0.332. The molecule has 0 saturated carbocycles. The summed E-state index contributed by atoms with van der Waals surface area (Å²) in [7, 11) is 0. The van der Waals surface area contributed by atoms with Crippen molar-refractivity contribution in [2.75, 3.05) is 18.9 Å². The Hall–Kier alpha value is -2.24. The zero-order valence-corrected chi connectivity index (χ0v) is 18.2. The normalized spacial score (nSPS) is 11.4. The summed E-state index contributed by atoms with van der Waals surface area (Å²) in [5.74, 6) is 0.0815. The maximum atomic E-state index is 12.6. The molecule has 28 heavy (non-hydrogen) atoms. The van der Waals surface area contributed by atoms with E-state index in [0.29, 0.717) is 36.9 Å². The molecule has 0 heterocycles. The lowest BCUT2D eigenvalue weighted by Crippen LogP contribution is -2.37. The van der Waals surface area contributed by atoms with E-state index >= 15 is 0 Å². The molecule has 1 rings (SSSR count). The maximum absolute atomic E-state index is 12.6. The Labute approximate surface area is 169 Å². The van der Waals surface area contributed by atoms with Gasteiger partial charge in [0.2, 0.25) is 0 Å². The molecule has 6 heteroatoms. The van der Waals surface area contributed by atoms with Crippen molar-refractivity contribution in [3.8, 4) is 0 Å². The minimum atomic E-state index is -0.565. The summed E-state index contributed by atoms with van der Waals surface area (Å²) in [5, 5.41) is 0. The number of rotatable bonds is 9. The van der Waals surface area contributed by atoms with Gasteiger partial charge in [-0.05, 0) is 57.2 Å². The van der Waals surface area contributed by atoms with Gasteiger partial charge >= 0.3 is 12.1 Å². The highest BCUT2D eigenvalue weighted by Crippen LogP contribution is 2.20. The Bertz CT molecular complexity index is 650. The van der Waals surface area contributed by atoms with Crippen molar-refractivity contribution >= 4 is 17.7 Å². The Morgan fingerprint density at radius 2 is 1.89 bits per heavy atom. The number of nitrogen functional groups attached to an aromatic ring is 1. The largest absolute Gasteiger partial charge is 0.462 e. The average molecular weight is 393 g/mol. The second-order valence-corrected chi connectivity index (χ2v) is 8.49. The van der Waals surface area contributed by atoms with Gasteiger partial charge in [-0.15, -0.1) is 0 Å². The van der Waals surface area contributed by atoms with Crippen molar-refractivity contribution in [2.24, 2.45) is 5.92 Å². The van der Waals surface area contributed by atoms with Gasteiger partial charge < -0.3 is 20.1 Å². The van der Waals surface area contributed by atoms with Crippen molar-refractivity contribution in [1.29, 1.82) is 0 Å². The van der Waals surface area contributed by atoms with Crippen molar-refractivity contribution in [3.63, 3.8) is 0 Å². The second-order valence-electron chi connectivity index (χ2n) is 8.49. The Morgan fingerprint density at radius 1 is 1.21 bits per heavy atom. The van der Waals surface area contributed by atoms with Crippen LogP contribution in [0.4, 0.5) is 10.5 Å². The lowest BCUT2D eigenvalue weighted by atomic mass is 10.1. The molecular formula is C22H36N2O4. The quantitative estimate of drug-likeness (QED) is 0.363. The van der Waals surface area contributed by atoms with Crippen LogP contribution in [0.5, 0.6) is 0 Å². The van der Waals surface area contributed by atoms with Gasteiger partial charge in [0, 0.05) is 12.2 Å². The zero-order valence-electron chi connectivity index (χ0n) is 18.2. The van der Waals surface area contributed by atoms with Gasteiger partial charge in [-0.25, -0.2) is 9.59 Å². The van der Waals surface area contributed by atoms with Crippen LogP contribution in [0.25, 0.3) is 0 Å². The van der Waals surface area contributed by atoms with E-state index in [1.165, 1.54) is 0 Å². The van der Waals surface area contributed by atoms with E-state index in [4.69, 9.17) is 15.2 Å². The monoisotopic (exact) mass is 392 g/mol. The first-order valence-corrected chi connectivity index (χ1v) is 10.1. The molecule has 2 N–H and O–H groups in total. The summed E-state index contributed by atoms with van der Waals surface area (Å²) in [5.41, 5.74) is 7.25. The molecule has 0 radical (unpaired) electrons. The summed E-state index contributed by atoms with van der Waals surface area (Å²) in [4.78, 5) is 26.3. The van der Waals surface area contributed by atoms with E-state index in [0.717, 1.165) is 24.8 Å². The molecule has 0 fully saturated rings. The third kappa shape index (κ3) is 8.63. The topological polar surface area (TPSA) is 81.9 Å². The number of esters is 1. The molecular weight excluding hydrogens is 356 g/mol. The number of carbonyl (C=O) groups excluding carboxylic acids is 2. The molecule has 0 aliphatic rings. The van der Waals surface area contributed by atoms with Crippen LogP contribution in [0.3, 0.4) is 0 Å². The average Bonchev–Trinajstić information content (AvgIpc) is 2.58. The Balaban J connectivity index is 2.89. The maximum Gasteiger partial charge on any atom is 0.410 e. The second kappa shape index (κ2) is 10.9. The van der Waals surface area contributed by atoms with E-state index in [1.54, 1.807) is 23.1 Å². The van der Waals surface area contributed by atoms with Gasteiger partial charge in [0.25, 0.3) is 0 Å². The number of hydrogen-bond acceptors (Lipinski definition) is 5. The number of amides is 1. The lowest BCUT2D eigenvalue weighted by molar-refractivity contribution is 0.0225. The van der Waals surface area contributed by atoms with Crippen LogP contribution in [-0.2, 0) is 16.0 Å². The Morgan fingerprint density at radius 3 is 2.43 bits per heavy atom. The number of ether oxygens (including phenoxy) is 2. The first-order valence-electron chi connectivity index (χ1n) is 10.1. The molecule has 0 aliphatic carbocycles. The fraction of sp³-hybridized carbons (Fsp3) is 0.636. The Kier molecular flexibility index (Phi) is 9.29. The molecule has 0 spiro atoms. The fourth-order valence-corrected chi connectivity index (χ4v) is 2.44. The number of carbonyl (C=O) groups is 2. The number of hydrogen-bond donors (Lipinski definition) is 1. The third-order valence-corrected chi connectivity index (χ3v) is 4.10. The molecule has 158 valence electrons. The summed E-state index contributed by atoms with van der Waals surface area (Å²) in [6.45, 7) is 13.1. The molecule has 0 unspecified atom stereocenters. The molecule has 6 nitrogen and oxygen atoms in total. The van der Waals surface area contributed by atoms with E-state index in [1.807, 2.05) is 27.7 Å². The first-order chi connectivity index (χ1) is 13.0. The predicted molar refractivity (Wildman–Crippen MR) is 112 cm³/mol. The van der Waals surface area contributed by atoms with Crippen LogP contribution < -0.4 is 5.73 Å². The highest BCUT2D eigenvalue weighted by Gasteiger charge is 2.23. The van der Waals surface area contributed by atoms with Crippen molar-refractivity contribution < 1.29 is 19.1 Å². The van der Waals surface area contributed by atoms with Gasteiger partial charge in [-0.1, -0.05) is 33.3 Å². The van der Waals surface area contributed by atoms with E-state index in [9.17, 15) is 9.59 Å². The van der Waals surface area contributed by atoms with Crippen LogP contribution in [0.1, 0.15) is 76.7 Å². The highest BCUT2D eigenvalue weighted by molar-refractivity contribution is 5.90. The fourth-order valence-electron chi connectivity index (χ4n) is 2.44. The molecule has 0 atom stereocenters. The van der Waals surface area contributed by atoms with Gasteiger partial charge in [0.05, 0.1) is 18.7 Å². The molecule has 0 aromatic heterocycles. The molecule has 0 saturated heterocycles. The molecule has 1 amide bonds. The zero-order chi connectivity index (χ0) is 21.3. The summed E-state index contributed by atoms with van der Waals surface area (Å²) in [6.07, 6.45) is 2.29. The lowest BCUT2D eigenvalue weighted by Gasteiger charge is -2.28. The summed E-state index contributed by atoms with van der Waals surface area (Å²) >= 11 is 0. The van der Waals surface area contributed by atoms with Crippen LogP contribution in [0.2, 0.25) is 0 Å². The SMILES string of the molecule is CCCCOC(=O)c1ccc(CN(CCC(C)C)C(=O)OC(C)(C)C)c(N)c1. The van der Waals surface area contributed by atoms with Crippen LogP contribution in [-0.4, -0.2) is 35.7 Å². The van der Waals surface area contributed by atoms with Crippen LogP contribution in [0, 0.1) is 5.92 Å². The molecule has 1 aromatic rings. The van der Waals surface area contributed by atoms with Gasteiger partial charge in [0.15, 0.2) is 0 Å². The third-order valence-electron chi connectivity index (χ3n) is 4.10. The van der Waals surface area contributed by atoms with Gasteiger partial charge in [-0.2, -0.15) is 0 Å². The number of unbranched alkanes of at least 4 members (excludes halogenated alkanes) is 1. The van der Waals surface area contributed by atoms with E-state index < -0.39 is 5.60 Å². The van der Waals surface area contributed by atoms with Crippen LogP contribution >= 0.6 is 0 Å². The minimum Gasteiger partial charge on any atom is -0.462 e.